The Hall–Kier alpha value is -2.88. The van der Waals surface area contributed by atoms with Crippen molar-refractivity contribution < 1.29 is 9.18 Å². The molecule has 2 aromatic carbocycles. The van der Waals surface area contributed by atoms with Gasteiger partial charge in [0.1, 0.15) is 5.82 Å². The number of carbonyl (C=O) groups excluding carboxylic acids is 1. The third kappa shape index (κ3) is 1.84. The number of aromatic amines is 1. The van der Waals surface area contributed by atoms with E-state index in [-0.39, 0.29) is 11.7 Å². The first-order valence-corrected chi connectivity index (χ1v) is 6.61. The summed E-state index contributed by atoms with van der Waals surface area (Å²) in [5, 5.41) is 3.73. The van der Waals surface area contributed by atoms with Crippen LogP contribution in [-0.4, -0.2) is 10.9 Å². The van der Waals surface area contributed by atoms with Gasteiger partial charge in [0.25, 0.3) is 5.91 Å². The molecule has 3 nitrogen and oxygen atoms in total. The number of para-hydroxylation sites is 1. The molecule has 0 bridgehead atoms. The molecular formula is C17H11FN2O. The normalized spacial score (nSPS) is 15.5. The summed E-state index contributed by atoms with van der Waals surface area (Å²) in [7, 11) is 0. The maximum absolute atomic E-state index is 13.2. The van der Waals surface area contributed by atoms with Gasteiger partial charge in [-0.3, -0.25) is 4.79 Å². The largest absolute Gasteiger partial charge is 0.360 e. The van der Waals surface area contributed by atoms with Gasteiger partial charge < -0.3 is 10.3 Å². The molecule has 102 valence electrons. The second kappa shape index (κ2) is 4.31. The van der Waals surface area contributed by atoms with E-state index in [0.717, 1.165) is 22.2 Å². The Labute approximate surface area is 120 Å². The number of H-pyrrole nitrogens is 1. The monoisotopic (exact) mass is 278 g/mol. The quantitative estimate of drug-likeness (QED) is 0.653. The summed E-state index contributed by atoms with van der Waals surface area (Å²) in [5.41, 5.74) is 3.91. The van der Waals surface area contributed by atoms with Gasteiger partial charge in [-0.25, -0.2) is 4.39 Å². The highest BCUT2D eigenvalue weighted by molar-refractivity contribution is 6.35. The van der Waals surface area contributed by atoms with Gasteiger partial charge in [-0.2, -0.15) is 0 Å². The number of hydrogen-bond acceptors (Lipinski definition) is 1. The van der Waals surface area contributed by atoms with Crippen molar-refractivity contribution in [3.05, 3.63) is 65.6 Å². The Morgan fingerprint density at radius 1 is 1.10 bits per heavy atom. The highest BCUT2D eigenvalue weighted by atomic mass is 19.1. The number of rotatable bonds is 1. The molecule has 1 amide bonds. The minimum absolute atomic E-state index is 0.118. The molecule has 4 heteroatoms. The Balaban J connectivity index is 1.89. The van der Waals surface area contributed by atoms with E-state index in [0.29, 0.717) is 11.1 Å². The summed E-state index contributed by atoms with van der Waals surface area (Å²) in [6, 6.07) is 12.1. The third-order valence-electron chi connectivity index (χ3n) is 3.69. The van der Waals surface area contributed by atoms with E-state index in [1.807, 2.05) is 30.3 Å². The molecule has 0 saturated heterocycles. The van der Waals surface area contributed by atoms with Gasteiger partial charge in [0.15, 0.2) is 0 Å². The van der Waals surface area contributed by atoms with Crippen LogP contribution in [-0.2, 0) is 4.79 Å². The average molecular weight is 278 g/mol. The fraction of sp³-hybridized carbons (Fsp3) is 0. The summed E-state index contributed by atoms with van der Waals surface area (Å²) in [6.07, 6.45) is 3.61. The van der Waals surface area contributed by atoms with E-state index in [1.54, 1.807) is 12.3 Å². The van der Waals surface area contributed by atoms with E-state index in [4.69, 9.17) is 0 Å². The average Bonchev–Trinajstić information content (AvgIpc) is 3.01. The van der Waals surface area contributed by atoms with Crippen LogP contribution in [0.1, 0.15) is 11.1 Å². The summed E-state index contributed by atoms with van der Waals surface area (Å²) in [4.78, 5) is 15.1. The fourth-order valence-electron chi connectivity index (χ4n) is 2.68. The Morgan fingerprint density at radius 3 is 2.86 bits per heavy atom. The first-order chi connectivity index (χ1) is 10.2. The number of halogens is 1. The smallest absolute Gasteiger partial charge is 0.256 e. The minimum Gasteiger partial charge on any atom is -0.360 e. The van der Waals surface area contributed by atoms with E-state index in [9.17, 15) is 9.18 Å². The zero-order chi connectivity index (χ0) is 14.4. The molecule has 3 aromatic rings. The maximum atomic E-state index is 13.2. The zero-order valence-electron chi connectivity index (χ0n) is 11.0. The van der Waals surface area contributed by atoms with E-state index < -0.39 is 0 Å². The van der Waals surface area contributed by atoms with Gasteiger partial charge in [0, 0.05) is 39.5 Å². The maximum Gasteiger partial charge on any atom is 0.256 e. The molecular weight excluding hydrogens is 267 g/mol. The molecule has 1 aromatic heterocycles. The summed E-state index contributed by atoms with van der Waals surface area (Å²) in [5.74, 6) is -0.403. The molecule has 0 saturated carbocycles. The van der Waals surface area contributed by atoms with Crippen molar-refractivity contribution >= 4 is 34.1 Å². The lowest BCUT2D eigenvalue weighted by Crippen LogP contribution is -2.03. The number of aromatic nitrogens is 1. The van der Waals surface area contributed by atoms with Crippen molar-refractivity contribution in [2.45, 2.75) is 0 Å². The van der Waals surface area contributed by atoms with Gasteiger partial charge >= 0.3 is 0 Å². The summed E-state index contributed by atoms with van der Waals surface area (Å²) < 4.78 is 13.2. The molecule has 1 aliphatic heterocycles. The van der Waals surface area contributed by atoms with Crippen LogP contribution in [0.3, 0.4) is 0 Å². The third-order valence-corrected chi connectivity index (χ3v) is 3.69. The van der Waals surface area contributed by atoms with Crippen LogP contribution in [0.15, 0.2) is 48.7 Å². The van der Waals surface area contributed by atoms with Crippen LogP contribution < -0.4 is 5.32 Å². The van der Waals surface area contributed by atoms with Crippen molar-refractivity contribution in [3.8, 4) is 0 Å². The van der Waals surface area contributed by atoms with Crippen LogP contribution in [0.4, 0.5) is 10.1 Å². The molecule has 0 spiro atoms. The highest BCUT2D eigenvalue weighted by Gasteiger charge is 2.23. The number of fused-ring (bicyclic) bond motifs is 2. The topological polar surface area (TPSA) is 44.9 Å². The van der Waals surface area contributed by atoms with Gasteiger partial charge in [0.05, 0.1) is 0 Å². The number of benzene rings is 2. The van der Waals surface area contributed by atoms with Crippen molar-refractivity contribution in [1.29, 1.82) is 0 Å². The first-order valence-electron chi connectivity index (χ1n) is 6.61. The number of nitrogens with one attached hydrogen (secondary N) is 2. The Bertz CT molecular complexity index is 908. The molecule has 21 heavy (non-hydrogen) atoms. The second-order valence-electron chi connectivity index (χ2n) is 4.99. The minimum atomic E-state index is -0.285. The number of carbonyl (C=O) groups is 1. The lowest BCUT2D eigenvalue weighted by Gasteiger charge is -1.97. The molecule has 0 aliphatic carbocycles. The van der Waals surface area contributed by atoms with Crippen molar-refractivity contribution in [2.24, 2.45) is 0 Å². The summed E-state index contributed by atoms with van der Waals surface area (Å²) in [6.45, 7) is 0. The van der Waals surface area contributed by atoms with Crippen LogP contribution >= 0.6 is 0 Å². The lowest BCUT2D eigenvalue weighted by molar-refractivity contribution is -0.110. The predicted octanol–water partition coefficient (Wildman–Crippen LogP) is 3.80. The van der Waals surface area contributed by atoms with Gasteiger partial charge in [-0.15, -0.1) is 0 Å². The Morgan fingerprint density at radius 2 is 1.95 bits per heavy atom. The number of anilines is 1. The number of hydrogen-bond donors (Lipinski definition) is 2. The predicted molar refractivity (Wildman–Crippen MR) is 81.2 cm³/mol. The standard InChI is InChI=1S/C17H11FN2O/c18-11-5-6-12-10(9-19-16(12)8-11)7-14-13-3-1-2-4-15(13)20-17(14)21/h1-9,19H,(H,20,21)/b14-7-. The second-order valence-corrected chi connectivity index (χ2v) is 4.99. The molecule has 0 radical (unpaired) electrons. The van der Waals surface area contributed by atoms with Gasteiger partial charge in [0.2, 0.25) is 0 Å². The molecule has 0 fully saturated rings. The molecule has 0 atom stereocenters. The van der Waals surface area contributed by atoms with E-state index in [1.165, 1.54) is 12.1 Å². The lowest BCUT2D eigenvalue weighted by atomic mass is 10.0. The van der Waals surface area contributed by atoms with E-state index in [2.05, 4.69) is 10.3 Å². The van der Waals surface area contributed by atoms with Crippen molar-refractivity contribution in [3.63, 3.8) is 0 Å². The summed E-state index contributed by atoms with van der Waals surface area (Å²) >= 11 is 0. The van der Waals surface area contributed by atoms with Crippen molar-refractivity contribution in [1.82, 2.24) is 4.98 Å². The highest BCUT2D eigenvalue weighted by Crippen LogP contribution is 2.33. The van der Waals surface area contributed by atoms with Crippen molar-refractivity contribution in [2.75, 3.05) is 5.32 Å². The van der Waals surface area contributed by atoms with Gasteiger partial charge in [-0.05, 0) is 30.3 Å². The molecule has 2 N–H and O–H groups in total. The molecule has 1 aliphatic rings. The van der Waals surface area contributed by atoms with Crippen LogP contribution in [0.2, 0.25) is 0 Å². The molecule has 4 rings (SSSR count). The zero-order valence-corrected chi connectivity index (χ0v) is 11.0. The fourth-order valence-corrected chi connectivity index (χ4v) is 2.68. The first kappa shape index (κ1) is 11.9. The van der Waals surface area contributed by atoms with Gasteiger partial charge in [-0.1, -0.05) is 18.2 Å². The van der Waals surface area contributed by atoms with Crippen LogP contribution in [0, 0.1) is 5.82 Å². The molecule has 0 unspecified atom stereocenters. The van der Waals surface area contributed by atoms with Crippen LogP contribution in [0.25, 0.3) is 22.6 Å². The molecule has 2 heterocycles. The SMILES string of the molecule is O=C1Nc2ccccc2/C1=C/c1c[nH]c2cc(F)ccc12. The number of amides is 1. The van der Waals surface area contributed by atoms with Crippen LogP contribution in [0.5, 0.6) is 0 Å². The van der Waals surface area contributed by atoms with E-state index >= 15 is 0 Å². The Kier molecular flexibility index (Phi) is 2.44.